The molecule has 0 radical (unpaired) electrons. The minimum Gasteiger partial charge on any atom is -0.497 e. The summed E-state index contributed by atoms with van der Waals surface area (Å²) in [6, 6.07) is 6.94. The maximum absolute atomic E-state index is 11.1. The highest BCUT2D eigenvalue weighted by Crippen LogP contribution is 2.24. The molecule has 110 valence electrons. The molecule has 0 unspecified atom stereocenters. The predicted molar refractivity (Wildman–Crippen MR) is 70.5 cm³/mol. The van der Waals surface area contributed by atoms with Gasteiger partial charge in [-0.3, -0.25) is 4.79 Å². The van der Waals surface area contributed by atoms with Crippen LogP contribution >= 0.6 is 0 Å². The minimum atomic E-state index is -0.882. The number of aliphatic hydroxyl groups is 1. The number of hydroxylamine groups is 2. The molecule has 1 aromatic carbocycles. The molecule has 0 amide bonds. The Labute approximate surface area is 117 Å². The lowest BCUT2D eigenvalue weighted by Crippen LogP contribution is -2.39. The van der Waals surface area contributed by atoms with Gasteiger partial charge in [0.15, 0.2) is 0 Å². The molecule has 3 atom stereocenters. The molecule has 0 saturated carbocycles. The summed E-state index contributed by atoms with van der Waals surface area (Å²) in [5, 5.41) is 20.7. The monoisotopic (exact) mass is 281 g/mol. The van der Waals surface area contributed by atoms with Gasteiger partial charge in [-0.25, -0.2) is 0 Å². The standard InChI is InChI=1S/C14H19NO5/c1-9(16)20-14-12(15(18)8-13(14)17)7-10-3-5-11(19-2)6-4-10/h3-6,12-14,17-18H,7-8H2,1-2H3/t12-,13+,14+/m1/s1. The predicted octanol–water partition coefficient (Wildman–Crippen LogP) is 0.604. The van der Waals surface area contributed by atoms with Crippen molar-refractivity contribution in [3.05, 3.63) is 29.8 Å². The summed E-state index contributed by atoms with van der Waals surface area (Å²) in [6.07, 6.45) is -1.14. The van der Waals surface area contributed by atoms with Crippen LogP contribution in [0.2, 0.25) is 0 Å². The lowest BCUT2D eigenvalue weighted by Gasteiger charge is -2.23. The highest BCUT2D eigenvalue weighted by Gasteiger charge is 2.42. The number of methoxy groups -OCH3 is 1. The van der Waals surface area contributed by atoms with Crippen molar-refractivity contribution in [2.45, 2.75) is 31.6 Å². The molecule has 0 bridgehead atoms. The van der Waals surface area contributed by atoms with E-state index in [-0.39, 0.29) is 6.54 Å². The molecule has 6 heteroatoms. The zero-order valence-electron chi connectivity index (χ0n) is 11.5. The molecular formula is C14H19NO5. The van der Waals surface area contributed by atoms with Gasteiger partial charge in [-0.1, -0.05) is 12.1 Å². The van der Waals surface area contributed by atoms with Gasteiger partial charge in [-0.05, 0) is 24.1 Å². The number of esters is 1. The van der Waals surface area contributed by atoms with Gasteiger partial charge in [-0.15, -0.1) is 0 Å². The maximum Gasteiger partial charge on any atom is 0.303 e. The van der Waals surface area contributed by atoms with Gasteiger partial charge in [0.05, 0.1) is 19.7 Å². The summed E-state index contributed by atoms with van der Waals surface area (Å²) in [4.78, 5) is 11.1. The van der Waals surface area contributed by atoms with Crippen molar-refractivity contribution >= 4 is 5.97 Å². The summed E-state index contributed by atoms with van der Waals surface area (Å²) in [5.41, 5.74) is 0.959. The van der Waals surface area contributed by atoms with Gasteiger partial charge in [0.25, 0.3) is 0 Å². The number of carbonyl (C=O) groups is 1. The molecule has 2 rings (SSSR count). The lowest BCUT2D eigenvalue weighted by atomic mass is 10.0. The van der Waals surface area contributed by atoms with E-state index in [2.05, 4.69) is 0 Å². The van der Waals surface area contributed by atoms with Crippen LogP contribution < -0.4 is 4.74 Å². The average molecular weight is 281 g/mol. The Morgan fingerprint density at radius 2 is 2.05 bits per heavy atom. The fraction of sp³-hybridized carbons (Fsp3) is 0.500. The van der Waals surface area contributed by atoms with Crippen LogP contribution in [0.3, 0.4) is 0 Å². The number of aliphatic hydroxyl groups excluding tert-OH is 1. The van der Waals surface area contributed by atoms with Crippen molar-refractivity contribution in [3.63, 3.8) is 0 Å². The van der Waals surface area contributed by atoms with E-state index in [1.807, 2.05) is 24.3 Å². The number of nitrogens with zero attached hydrogens (tertiary/aromatic N) is 1. The third-order valence-electron chi connectivity index (χ3n) is 3.42. The van der Waals surface area contributed by atoms with Gasteiger partial charge in [0.1, 0.15) is 18.0 Å². The van der Waals surface area contributed by atoms with Crippen molar-refractivity contribution in [3.8, 4) is 5.75 Å². The third kappa shape index (κ3) is 3.27. The number of ether oxygens (including phenoxy) is 2. The molecule has 0 aliphatic carbocycles. The molecule has 1 heterocycles. The number of benzene rings is 1. The van der Waals surface area contributed by atoms with Crippen LogP contribution in [0.4, 0.5) is 0 Å². The van der Waals surface area contributed by atoms with E-state index in [1.54, 1.807) is 7.11 Å². The van der Waals surface area contributed by atoms with Crippen molar-refractivity contribution in [1.82, 2.24) is 5.06 Å². The van der Waals surface area contributed by atoms with E-state index in [0.29, 0.717) is 6.42 Å². The molecule has 1 fully saturated rings. The fourth-order valence-corrected chi connectivity index (χ4v) is 2.43. The van der Waals surface area contributed by atoms with Gasteiger partial charge >= 0.3 is 5.97 Å². The molecule has 20 heavy (non-hydrogen) atoms. The van der Waals surface area contributed by atoms with Gasteiger partial charge in [-0.2, -0.15) is 5.06 Å². The molecule has 1 aliphatic heterocycles. The second-order valence-electron chi connectivity index (χ2n) is 4.88. The van der Waals surface area contributed by atoms with Crippen molar-refractivity contribution in [2.75, 3.05) is 13.7 Å². The van der Waals surface area contributed by atoms with Crippen molar-refractivity contribution in [1.29, 1.82) is 0 Å². The summed E-state index contributed by atoms with van der Waals surface area (Å²) < 4.78 is 10.2. The first-order valence-electron chi connectivity index (χ1n) is 6.45. The Morgan fingerprint density at radius 1 is 1.40 bits per heavy atom. The summed E-state index contributed by atoms with van der Waals surface area (Å²) in [7, 11) is 1.59. The number of hydrogen-bond acceptors (Lipinski definition) is 6. The lowest BCUT2D eigenvalue weighted by molar-refractivity contribution is -0.157. The van der Waals surface area contributed by atoms with Crippen LogP contribution in [-0.4, -0.2) is 53.3 Å². The molecule has 1 aromatic rings. The third-order valence-corrected chi connectivity index (χ3v) is 3.42. The topological polar surface area (TPSA) is 79.2 Å². The number of β-amino-alcohol motifs (C(OH)–C–C–N with tert-alkyl or cyclic N) is 1. The SMILES string of the molecule is COc1ccc(C[C@@H]2[C@H](OC(C)=O)[C@@H](O)CN2O)cc1. The molecular weight excluding hydrogens is 262 g/mol. The van der Waals surface area contributed by atoms with Gasteiger partial charge in [0.2, 0.25) is 0 Å². The zero-order valence-corrected chi connectivity index (χ0v) is 11.5. The second kappa shape index (κ2) is 6.21. The molecule has 0 spiro atoms. The first kappa shape index (κ1) is 14.8. The highest BCUT2D eigenvalue weighted by atomic mass is 16.6. The highest BCUT2D eigenvalue weighted by molar-refractivity contribution is 5.66. The van der Waals surface area contributed by atoms with E-state index in [9.17, 15) is 15.1 Å². The van der Waals surface area contributed by atoms with E-state index >= 15 is 0 Å². The molecule has 1 saturated heterocycles. The summed E-state index contributed by atoms with van der Waals surface area (Å²) in [6.45, 7) is 1.36. The van der Waals surface area contributed by atoms with E-state index in [1.165, 1.54) is 6.92 Å². The Kier molecular flexibility index (Phi) is 4.59. The van der Waals surface area contributed by atoms with Crippen molar-refractivity contribution in [2.24, 2.45) is 0 Å². The van der Waals surface area contributed by atoms with Crippen LogP contribution in [-0.2, 0) is 16.0 Å². The molecule has 0 aromatic heterocycles. The molecule has 6 nitrogen and oxygen atoms in total. The van der Waals surface area contributed by atoms with Crippen LogP contribution in [0.15, 0.2) is 24.3 Å². The van der Waals surface area contributed by atoms with Crippen LogP contribution in [0.1, 0.15) is 12.5 Å². The Hall–Kier alpha value is -1.63. The summed E-state index contributed by atoms with van der Waals surface area (Å²) >= 11 is 0. The largest absolute Gasteiger partial charge is 0.497 e. The maximum atomic E-state index is 11.1. The number of carbonyl (C=O) groups excluding carboxylic acids is 1. The van der Waals surface area contributed by atoms with Crippen LogP contribution in [0.25, 0.3) is 0 Å². The van der Waals surface area contributed by atoms with E-state index < -0.39 is 24.2 Å². The normalized spacial score (nSPS) is 26.5. The number of hydrogen-bond donors (Lipinski definition) is 2. The van der Waals surface area contributed by atoms with E-state index in [0.717, 1.165) is 16.4 Å². The first-order valence-corrected chi connectivity index (χ1v) is 6.45. The zero-order chi connectivity index (χ0) is 14.7. The first-order chi connectivity index (χ1) is 9.51. The quantitative estimate of drug-likeness (QED) is 0.787. The molecule has 1 aliphatic rings. The van der Waals surface area contributed by atoms with Crippen LogP contribution in [0.5, 0.6) is 5.75 Å². The smallest absolute Gasteiger partial charge is 0.303 e. The average Bonchev–Trinajstić information content (AvgIpc) is 2.66. The second-order valence-corrected chi connectivity index (χ2v) is 4.88. The van der Waals surface area contributed by atoms with Gasteiger partial charge < -0.3 is 19.8 Å². The number of rotatable bonds is 4. The minimum absolute atomic E-state index is 0.0682. The van der Waals surface area contributed by atoms with E-state index in [4.69, 9.17) is 9.47 Å². The Bertz CT molecular complexity index is 461. The van der Waals surface area contributed by atoms with Crippen LogP contribution in [0, 0.1) is 0 Å². The summed E-state index contributed by atoms with van der Waals surface area (Å²) in [5.74, 6) is 0.279. The fourth-order valence-electron chi connectivity index (χ4n) is 2.43. The Balaban J connectivity index is 2.09. The molecule has 2 N–H and O–H groups in total. The van der Waals surface area contributed by atoms with Gasteiger partial charge in [0, 0.05) is 6.92 Å². The van der Waals surface area contributed by atoms with Crippen molar-refractivity contribution < 1.29 is 24.6 Å². The Morgan fingerprint density at radius 3 is 2.60 bits per heavy atom.